The first-order valence-electron chi connectivity index (χ1n) is 8.84. The molecular weight excluding hydrogens is 356 g/mol. The molecule has 0 spiro atoms. The number of para-hydroxylation sites is 1. The number of pyridine rings is 1. The van der Waals surface area contributed by atoms with Gasteiger partial charge in [0.05, 0.1) is 5.56 Å². The van der Waals surface area contributed by atoms with Crippen LogP contribution in [0.4, 0.5) is 5.82 Å². The first kappa shape index (κ1) is 20.9. The molecule has 1 heterocycles. The third-order valence-electron chi connectivity index (χ3n) is 3.53. The fraction of sp³-hybridized carbons (Fsp3) is 0.250. The lowest BCUT2D eigenvalue weighted by atomic mass is 10.2. The lowest BCUT2D eigenvalue weighted by Crippen LogP contribution is -2.21. The number of nitrogens with two attached hydrogens (primary N) is 1. The fourth-order valence-electron chi connectivity index (χ4n) is 2.18. The highest BCUT2D eigenvalue weighted by molar-refractivity contribution is 6.06. The molecule has 8 heteroatoms. The molecule has 2 rings (SSSR count). The summed E-state index contributed by atoms with van der Waals surface area (Å²) in [7, 11) is 5.69. The Bertz CT molecular complexity index is 834. The standard InChI is InChI=1S/C20H26N6O2/c1-22-10-9-17(21)24-20(27)15-13-18(23-11-12-26(2)3)25-19(14-15)28-16-7-5-4-6-8-16/h4-10,13-14,22H,11-12H2,1-3H3,(H,23,25)(H2,21,24,27)/b10-9-. The number of amides is 1. The van der Waals surface area contributed by atoms with E-state index in [1.165, 1.54) is 6.08 Å². The van der Waals surface area contributed by atoms with Crippen molar-refractivity contribution >= 4 is 17.6 Å². The molecule has 0 aliphatic heterocycles. The van der Waals surface area contributed by atoms with Crippen molar-refractivity contribution in [3.63, 3.8) is 0 Å². The van der Waals surface area contributed by atoms with E-state index < -0.39 is 5.91 Å². The lowest BCUT2D eigenvalue weighted by Gasteiger charge is -2.13. The van der Waals surface area contributed by atoms with Crippen molar-refractivity contribution in [3.05, 3.63) is 60.3 Å². The summed E-state index contributed by atoms with van der Waals surface area (Å²) in [6.45, 7) is 1.48. The molecule has 0 saturated carbocycles. The third kappa shape index (κ3) is 7.08. The smallest absolute Gasteiger partial charge is 0.279 e. The molecule has 0 saturated heterocycles. The Morgan fingerprint density at radius 2 is 2.04 bits per heavy atom. The van der Waals surface area contributed by atoms with Crippen LogP contribution in [0.15, 0.2) is 59.7 Å². The zero-order chi connectivity index (χ0) is 20.4. The molecular formula is C20H26N6O2. The van der Waals surface area contributed by atoms with E-state index in [0.29, 0.717) is 29.6 Å². The number of carbonyl (C=O) groups is 1. The van der Waals surface area contributed by atoms with E-state index in [9.17, 15) is 4.79 Å². The van der Waals surface area contributed by atoms with Gasteiger partial charge in [-0.05, 0) is 44.6 Å². The molecule has 1 aromatic carbocycles. The summed E-state index contributed by atoms with van der Waals surface area (Å²) in [5.41, 5.74) is 6.07. The monoisotopic (exact) mass is 382 g/mol. The normalized spacial score (nSPS) is 11.6. The van der Waals surface area contributed by atoms with Crippen molar-refractivity contribution in [2.45, 2.75) is 0 Å². The van der Waals surface area contributed by atoms with Crippen LogP contribution in [0, 0.1) is 0 Å². The zero-order valence-corrected chi connectivity index (χ0v) is 16.3. The quantitative estimate of drug-likeness (QED) is 0.450. The van der Waals surface area contributed by atoms with Gasteiger partial charge in [-0.2, -0.15) is 9.98 Å². The van der Waals surface area contributed by atoms with Gasteiger partial charge >= 0.3 is 0 Å². The molecule has 0 bridgehead atoms. The number of hydrogen-bond donors (Lipinski definition) is 3. The molecule has 0 aliphatic carbocycles. The molecule has 0 unspecified atom stereocenters. The molecule has 1 aromatic heterocycles. The summed E-state index contributed by atoms with van der Waals surface area (Å²) in [4.78, 5) is 22.9. The van der Waals surface area contributed by atoms with E-state index in [2.05, 4.69) is 20.6 Å². The van der Waals surface area contributed by atoms with E-state index in [0.717, 1.165) is 6.54 Å². The van der Waals surface area contributed by atoms with Crippen molar-refractivity contribution in [2.24, 2.45) is 10.7 Å². The Morgan fingerprint density at radius 3 is 2.71 bits per heavy atom. The highest BCUT2D eigenvalue weighted by atomic mass is 16.5. The SMILES string of the molecule is CN/C=C\C(N)=NC(=O)c1cc(NCCN(C)C)nc(Oc2ccccc2)c1. The number of ether oxygens (including phenoxy) is 1. The van der Waals surface area contributed by atoms with Crippen LogP contribution >= 0.6 is 0 Å². The number of nitrogens with one attached hydrogen (secondary N) is 2. The lowest BCUT2D eigenvalue weighted by molar-refractivity contribution is 0.100. The summed E-state index contributed by atoms with van der Waals surface area (Å²) in [5, 5.41) is 5.99. The predicted octanol–water partition coefficient (Wildman–Crippen LogP) is 2.08. The summed E-state index contributed by atoms with van der Waals surface area (Å²) < 4.78 is 5.79. The number of aromatic nitrogens is 1. The average Bonchev–Trinajstić information content (AvgIpc) is 2.66. The number of rotatable bonds is 9. The van der Waals surface area contributed by atoms with E-state index in [4.69, 9.17) is 10.5 Å². The molecule has 0 radical (unpaired) electrons. The van der Waals surface area contributed by atoms with Gasteiger partial charge in [-0.25, -0.2) is 0 Å². The second kappa shape index (κ2) is 10.7. The molecule has 0 atom stereocenters. The average molecular weight is 382 g/mol. The molecule has 2 aromatic rings. The van der Waals surface area contributed by atoms with Crippen LogP contribution in [0.5, 0.6) is 11.6 Å². The summed E-state index contributed by atoms with van der Waals surface area (Å²) >= 11 is 0. The van der Waals surface area contributed by atoms with Gasteiger partial charge in [-0.3, -0.25) is 4.79 Å². The molecule has 0 fully saturated rings. The Morgan fingerprint density at radius 1 is 1.29 bits per heavy atom. The minimum Gasteiger partial charge on any atom is -0.439 e. The van der Waals surface area contributed by atoms with Gasteiger partial charge in [-0.1, -0.05) is 18.2 Å². The number of benzene rings is 1. The molecule has 0 aliphatic rings. The van der Waals surface area contributed by atoms with Gasteiger partial charge in [-0.15, -0.1) is 0 Å². The van der Waals surface area contributed by atoms with E-state index in [1.54, 1.807) is 25.4 Å². The van der Waals surface area contributed by atoms with Gasteiger partial charge in [0.2, 0.25) is 5.88 Å². The number of hydrogen-bond acceptors (Lipinski definition) is 6. The number of anilines is 1. The maximum Gasteiger partial charge on any atom is 0.279 e. The van der Waals surface area contributed by atoms with Gasteiger partial charge in [0, 0.05) is 26.2 Å². The topological polar surface area (TPSA) is 105 Å². The maximum atomic E-state index is 12.5. The van der Waals surface area contributed by atoms with Gasteiger partial charge in [0.15, 0.2) is 0 Å². The molecule has 4 N–H and O–H groups in total. The Kier molecular flexibility index (Phi) is 7.98. The molecule has 148 valence electrons. The van der Waals surface area contributed by atoms with Gasteiger partial charge in [0.1, 0.15) is 17.4 Å². The Balaban J connectivity index is 2.27. The predicted molar refractivity (Wildman–Crippen MR) is 112 cm³/mol. The highest BCUT2D eigenvalue weighted by Gasteiger charge is 2.11. The van der Waals surface area contributed by atoms with Crippen LogP contribution < -0.4 is 21.1 Å². The third-order valence-corrected chi connectivity index (χ3v) is 3.53. The number of nitrogens with zero attached hydrogens (tertiary/aromatic N) is 3. The Hall–Kier alpha value is -3.39. The van der Waals surface area contributed by atoms with Crippen molar-refractivity contribution in [2.75, 3.05) is 39.5 Å². The van der Waals surface area contributed by atoms with Crippen LogP contribution in [0.1, 0.15) is 10.4 Å². The van der Waals surface area contributed by atoms with Gasteiger partial charge < -0.3 is 26.0 Å². The largest absolute Gasteiger partial charge is 0.439 e. The van der Waals surface area contributed by atoms with Crippen LogP contribution in [0.25, 0.3) is 0 Å². The Labute approximate surface area is 165 Å². The van der Waals surface area contributed by atoms with E-state index in [-0.39, 0.29) is 5.84 Å². The molecule has 8 nitrogen and oxygen atoms in total. The van der Waals surface area contributed by atoms with Crippen LogP contribution in [0.3, 0.4) is 0 Å². The van der Waals surface area contributed by atoms with Crippen molar-refractivity contribution in [1.82, 2.24) is 15.2 Å². The highest BCUT2D eigenvalue weighted by Crippen LogP contribution is 2.23. The van der Waals surface area contributed by atoms with Crippen molar-refractivity contribution in [3.8, 4) is 11.6 Å². The first-order chi connectivity index (χ1) is 13.5. The second-order valence-corrected chi connectivity index (χ2v) is 6.19. The van der Waals surface area contributed by atoms with Crippen molar-refractivity contribution < 1.29 is 9.53 Å². The summed E-state index contributed by atoms with van der Waals surface area (Å²) in [5.74, 6) is 1.07. The number of aliphatic imine (C=N–C) groups is 1. The van der Waals surface area contributed by atoms with Crippen LogP contribution in [0.2, 0.25) is 0 Å². The number of likely N-dealkylation sites (N-methyl/N-ethyl adjacent to an activating group) is 1. The summed E-state index contributed by atoms with van der Waals surface area (Å²) in [6, 6.07) is 12.4. The minimum atomic E-state index is -0.478. The van der Waals surface area contributed by atoms with Gasteiger partial charge in [0.25, 0.3) is 5.91 Å². The zero-order valence-electron chi connectivity index (χ0n) is 16.3. The van der Waals surface area contributed by atoms with Crippen molar-refractivity contribution in [1.29, 1.82) is 0 Å². The molecule has 1 amide bonds. The second-order valence-electron chi connectivity index (χ2n) is 6.19. The first-order valence-corrected chi connectivity index (χ1v) is 8.84. The van der Waals surface area contributed by atoms with E-state index >= 15 is 0 Å². The van der Waals surface area contributed by atoms with E-state index in [1.807, 2.05) is 49.3 Å². The molecule has 28 heavy (non-hydrogen) atoms. The maximum absolute atomic E-state index is 12.5. The van der Waals surface area contributed by atoms with Crippen LogP contribution in [-0.4, -0.2) is 55.9 Å². The summed E-state index contributed by atoms with van der Waals surface area (Å²) in [6.07, 6.45) is 3.10. The van der Waals surface area contributed by atoms with Crippen LogP contribution in [-0.2, 0) is 0 Å². The minimum absolute atomic E-state index is 0.101. The fourth-order valence-corrected chi connectivity index (χ4v) is 2.18. The number of amidine groups is 1. The number of carbonyl (C=O) groups excluding carboxylic acids is 1.